The van der Waals surface area contributed by atoms with Crippen molar-refractivity contribution in [2.75, 3.05) is 19.8 Å². The summed E-state index contributed by atoms with van der Waals surface area (Å²) in [7, 11) is 0. The summed E-state index contributed by atoms with van der Waals surface area (Å²) in [6, 6.07) is 1.21. The number of aromatic nitrogens is 2. The van der Waals surface area contributed by atoms with Gasteiger partial charge in [0.05, 0.1) is 6.61 Å². The van der Waals surface area contributed by atoms with E-state index in [2.05, 4.69) is 4.98 Å². The molecule has 0 spiro atoms. The number of aliphatic hydroxyl groups is 1. The molecule has 3 aliphatic heterocycles. The Hall–Kier alpha value is -1.56. The van der Waals surface area contributed by atoms with E-state index < -0.39 is 41.6 Å². The zero-order chi connectivity index (χ0) is 21.1. The third-order valence-electron chi connectivity index (χ3n) is 5.84. The van der Waals surface area contributed by atoms with E-state index in [4.69, 9.17) is 23.7 Å². The fourth-order valence-electron chi connectivity index (χ4n) is 4.23. The average Bonchev–Trinajstić information content (AvgIpc) is 2.98. The van der Waals surface area contributed by atoms with E-state index >= 15 is 0 Å². The van der Waals surface area contributed by atoms with Gasteiger partial charge in [-0.05, 0) is 45.4 Å². The Kier molecular flexibility index (Phi) is 6.71. The zero-order valence-corrected chi connectivity index (χ0v) is 17.2. The Morgan fingerprint density at radius 3 is 2.50 bits per heavy atom. The van der Waals surface area contributed by atoms with Crippen LogP contribution in [0.1, 0.15) is 51.7 Å². The van der Waals surface area contributed by atoms with E-state index in [1.807, 2.05) is 0 Å². The van der Waals surface area contributed by atoms with Gasteiger partial charge in [-0.3, -0.25) is 14.3 Å². The largest absolute Gasteiger partial charge is 0.383 e. The van der Waals surface area contributed by atoms with Crippen LogP contribution < -0.4 is 11.2 Å². The number of hydrogen-bond acceptors (Lipinski definition) is 8. The summed E-state index contributed by atoms with van der Waals surface area (Å²) in [5.74, 6) is 0. The minimum atomic E-state index is -1.57. The smallest absolute Gasteiger partial charge is 0.330 e. The normalized spacial score (nSPS) is 37.3. The molecule has 10 heteroatoms. The number of ether oxygens (including phenoxy) is 5. The summed E-state index contributed by atoms with van der Waals surface area (Å²) >= 11 is 0. The first-order valence-electron chi connectivity index (χ1n) is 10.6. The van der Waals surface area contributed by atoms with Gasteiger partial charge in [0.25, 0.3) is 5.56 Å². The van der Waals surface area contributed by atoms with E-state index in [1.54, 1.807) is 6.92 Å². The van der Waals surface area contributed by atoms with Crippen molar-refractivity contribution in [1.29, 1.82) is 0 Å². The maximum absolute atomic E-state index is 12.3. The second-order valence-corrected chi connectivity index (χ2v) is 8.25. The monoisotopic (exact) mass is 426 g/mol. The Balaban J connectivity index is 1.54. The summed E-state index contributed by atoms with van der Waals surface area (Å²) in [6.45, 7) is 2.94. The maximum atomic E-state index is 12.3. The lowest BCUT2D eigenvalue weighted by atomic mass is 9.96. The lowest BCUT2D eigenvalue weighted by molar-refractivity contribution is -0.233. The number of hydrogen-bond donors (Lipinski definition) is 2. The molecular formula is C20H30N2O8. The minimum absolute atomic E-state index is 0.132. The van der Waals surface area contributed by atoms with Crippen LogP contribution in [0.15, 0.2) is 21.9 Å². The van der Waals surface area contributed by atoms with E-state index in [9.17, 15) is 14.7 Å². The second kappa shape index (κ2) is 9.29. The van der Waals surface area contributed by atoms with Crippen LogP contribution in [-0.4, -0.2) is 64.9 Å². The molecule has 0 bridgehead atoms. The second-order valence-electron chi connectivity index (χ2n) is 8.25. The molecule has 0 aromatic carbocycles. The highest BCUT2D eigenvalue weighted by Gasteiger charge is 2.56. The Labute approximate surface area is 174 Å². The molecule has 3 fully saturated rings. The number of rotatable bonds is 6. The third-order valence-corrected chi connectivity index (χ3v) is 5.84. The van der Waals surface area contributed by atoms with Crippen LogP contribution in [0.2, 0.25) is 0 Å². The van der Waals surface area contributed by atoms with Crippen LogP contribution in [0.25, 0.3) is 0 Å². The average molecular weight is 426 g/mol. The van der Waals surface area contributed by atoms with Crippen molar-refractivity contribution in [2.24, 2.45) is 0 Å². The van der Waals surface area contributed by atoms with Crippen LogP contribution in [0.3, 0.4) is 0 Å². The predicted octanol–water partition coefficient (Wildman–Crippen LogP) is 0.640. The van der Waals surface area contributed by atoms with Crippen LogP contribution >= 0.6 is 0 Å². The topological polar surface area (TPSA) is 121 Å². The van der Waals surface area contributed by atoms with Crippen molar-refractivity contribution in [1.82, 2.24) is 9.55 Å². The van der Waals surface area contributed by atoms with Gasteiger partial charge in [-0.1, -0.05) is 0 Å². The molecule has 0 radical (unpaired) electrons. The molecule has 4 rings (SSSR count). The SMILES string of the molecule is C[C@]1(O)[C@H](OC2CCCCO2)C(COC2CCCCO2)O[C@H]1n1ccc(=O)[nH]c1=O. The van der Waals surface area contributed by atoms with Crippen molar-refractivity contribution >= 4 is 0 Å². The van der Waals surface area contributed by atoms with Crippen molar-refractivity contribution in [3.8, 4) is 0 Å². The molecule has 3 saturated heterocycles. The first-order chi connectivity index (χ1) is 14.4. The van der Waals surface area contributed by atoms with Gasteiger partial charge in [-0.15, -0.1) is 0 Å². The van der Waals surface area contributed by atoms with Crippen molar-refractivity contribution in [2.45, 2.75) is 82.1 Å². The Bertz CT molecular complexity index is 810. The minimum Gasteiger partial charge on any atom is -0.383 e. The first-order valence-corrected chi connectivity index (χ1v) is 10.6. The standard InChI is InChI=1S/C20H30N2O8/c1-20(25)17(30-16-7-3-5-11-27-16)13(12-28-15-6-2-4-10-26-15)29-18(20)22-9-8-14(23)21-19(22)24/h8-9,13,15-18,25H,2-7,10-12H2,1H3,(H,21,23,24)/t13?,15?,16?,17-,18-,20+/m1/s1. The Morgan fingerprint density at radius 2 is 1.87 bits per heavy atom. The maximum Gasteiger partial charge on any atom is 0.330 e. The molecule has 3 aliphatic rings. The molecule has 0 saturated carbocycles. The van der Waals surface area contributed by atoms with E-state index in [0.717, 1.165) is 43.1 Å². The Morgan fingerprint density at radius 1 is 1.17 bits per heavy atom. The summed E-state index contributed by atoms with van der Waals surface area (Å²) < 4.78 is 30.5. The van der Waals surface area contributed by atoms with Crippen LogP contribution in [0.4, 0.5) is 0 Å². The van der Waals surface area contributed by atoms with E-state index in [0.29, 0.717) is 13.2 Å². The van der Waals surface area contributed by atoms with E-state index in [-0.39, 0.29) is 12.9 Å². The summed E-state index contributed by atoms with van der Waals surface area (Å²) in [5.41, 5.74) is -2.76. The van der Waals surface area contributed by atoms with Gasteiger partial charge in [-0.25, -0.2) is 4.79 Å². The van der Waals surface area contributed by atoms with Crippen LogP contribution in [-0.2, 0) is 23.7 Å². The zero-order valence-electron chi connectivity index (χ0n) is 17.2. The number of nitrogens with one attached hydrogen (secondary N) is 1. The van der Waals surface area contributed by atoms with Gasteiger partial charge in [0.15, 0.2) is 18.8 Å². The fraction of sp³-hybridized carbons (Fsp3) is 0.800. The van der Waals surface area contributed by atoms with Gasteiger partial charge in [0, 0.05) is 25.5 Å². The van der Waals surface area contributed by atoms with Gasteiger partial charge in [0.1, 0.15) is 17.8 Å². The molecule has 1 aromatic heterocycles. The van der Waals surface area contributed by atoms with Crippen molar-refractivity contribution < 1.29 is 28.8 Å². The first kappa shape index (κ1) is 21.7. The molecule has 0 aliphatic carbocycles. The lowest BCUT2D eigenvalue weighted by Gasteiger charge is -2.34. The van der Waals surface area contributed by atoms with Gasteiger partial charge < -0.3 is 28.8 Å². The number of nitrogens with zero attached hydrogens (tertiary/aromatic N) is 1. The summed E-state index contributed by atoms with van der Waals surface area (Å²) in [4.78, 5) is 26.0. The van der Waals surface area contributed by atoms with Crippen LogP contribution in [0.5, 0.6) is 0 Å². The van der Waals surface area contributed by atoms with Crippen molar-refractivity contribution in [3.05, 3.63) is 33.1 Å². The number of H-pyrrole nitrogens is 1. The van der Waals surface area contributed by atoms with Gasteiger partial charge in [-0.2, -0.15) is 0 Å². The lowest BCUT2D eigenvalue weighted by Crippen LogP contribution is -2.50. The summed E-state index contributed by atoms with van der Waals surface area (Å²) in [6.07, 6.45) is 3.51. The molecule has 10 nitrogen and oxygen atoms in total. The highest BCUT2D eigenvalue weighted by atomic mass is 16.7. The van der Waals surface area contributed by atoms with Crippen LogP contribution in [0, 0.1) is 0 Å². The molecule has 3 unspecified atom stereocenters. The molecular weight excluding hydrogens is 396 g/mol. The third kappa shape index (κ3) is 4.68. The quantitative estimate of drug-likeness (QED) is 0.680. The van der Waals surface area contributed by atoms with Gasteiger partial charge >= 0.3 is 5.69 Å². The van der Waals surface area contributed by atoms with E-state index in [1.165, 1.54) is 12.3 Å². The molecule has 0 amide bonds. The highest BCUT2D eigenvalue weighted by Crippen LogP contribution is 2.40. The molecule has 168 valence electrons. The molecule has 1 aromatic rings. The number of aromatic amines is 1. The van der Waals surface area contributed by atoms with Crippen molar-refractivity contribution in [3.63, 3.8) is 0 Å². The molecule has 6 atom stereocenters. The fourth-order valence-corrected chi connectivity index (χ4v) is 4.23. The van der Waals surface area contributed by atoms with Gasteiger partial charge in [0.2, 0.25) is 0 Å². The molecule has 30 heavy (non-hydrogen) atoms. The molecule has 2 N–H and O–H groups in total. The predicted molar refractivity (Wildman–Crippen MR) is 104 cm³/mol. The molecule has 4 heterocycles. The highest BCUT2D eigenvalue weighted by molar-refractivity contribution is 5.02. The summed E-state index contributed by atoms with van der Waals surface area (Å²) in [5, 5.41) is 11.4.